The fourth-order valence-corrected chi connectivity index (χ4v) is 1.66. The average molecular weight is 298 g/mol. The van der Waals surface area contributed by atoms with Crippen LogP contribution in [0.3, 0.4) is 0 Å². The summed E-state index contributed by atoms with van der Waals surface area (Å²) < 4.78 is 10.1. The molecule has 0 aliphatic heterocycles. The van der Waals surface area contributed by atoms with Crippen molar-refractivity contribution in [1.29, 1.82) is 5.26 Å². The number of esters is 1. The Morgan fingerprint density at radius 2 is 2.00 bits per heavy atom. The van der Waals surface area contributed by atoms with E-state index in [4.69, 9.17) is 14.7 Å². The van der Waals surface area contributed by atoms with Crippen LogP contribution >= 0.6 is 0 Å². The van der Waals surface area contributed by atoms with Crippen LogP contribution in [-0.4, -0.2) is 17.5 Å². The topological polar surface area (TPSA) is 102 Å². The number of rotatable bonds is 5. The minimum absolute atomic E-state index is 0.0183. The average Bonchev–Trinajstić information content (AvgIpc) is 2.53. The van der Waals surface area contributed by atoms with Gasteiger partial charge in [0.05, 0.1) is 16.6 Å². The number of hydrogen-bond acceptors (Lipinski definition) is 6. The van der Waals surface area contributed by atoms with Gasteiger partial charge < -0.3 is 9.47 Å². The molecule has 0 aliphatic carbocycles. The highest BCUT2D eigenvalue weighted by atomic mass is 16.6. The Morgan fingerprint density at radius 3 is 2.73 bits per heavy atom. The number of carbonyl (C=O) groups is 1. The third kappa shape index (κ3) is 3.80. The lowest BCUT2D eigenvalue weighted by molar-refractivity contribution is -0.385. The molecule has 0 heterocycles. The van der Waals surface area contributed by atoms with E-state index in [-0.39, 0.29) is 17.2 Å². The minimum atomic E-state index is -0.728. The predicted octanol–water partition coefficient (Wildman–Crippen LogP) is 2.45. The zero-order valence-electron chi connectivity index (χ0n) is 11.3. The fourth-order valence-electron chi connectivity index (χ4n) is 1.66. The highest BCUT2D eigenvalue weighted by Gasteiger charge is 2.15. The summed E-state index contributed by atoms with van der Waals surface area (Å²) in [6.07, 6.45) is 0. The molecule has 7 nitrogen and oxygen atoms in total. The molecule has 0 aliphatic rings. The first-order valence-electron chi connectivity index (χ1n) is 6.17. The molecular weight excluding hydrogens is 288 g/mol. The summed E-state index contributed by atoms with van der Waals surface area (Å²) in [5.74, 6) is -0.543. The van der Waals surface area contributed by atoms with Gasteiger partial charge in [0.15, 0.2) is 12.4 Å². The smallest absolute Gasteiger partial charge is 0.349 e. The van der Waals surface area contributed by atoms with Crippen molar-refractivity contribution in [3.63, 3.8) is 0 Å². The van der Waals surface area contributed by atoms with E-state index in [0.717, 1.165) is 0 Å². The Labute approximate surface area is 125 Å². The maximum absolute atomic E-state index is 11.7. The lowest BCUT2D eigenvalue weighted by atomic mass is 10.2. The number of carbonyl (C=O) groups excluding carboxylic acids is 1. The zero-order valence-corrected chi connectivity index (χ0v) is 11.3. The Kier molecular flexibility index (Phi) is 4.67. The Bertz CT molecular complexity index is 752. The SMILES string of the molecule is N#Cc1cccc(OC(=O)COc2ccccc2[N+](=O)[O-])c1. The van der Waals surface area contributed by atoms with E-state index in [1.165, 1.54) is 30.3 Å². The molecule has 0 saturated carbocycles. The van der Waals surface area contributed by atoms with Crippen LogP contribution in [0.5, 0.6) is 11.5 Å². The van der Waals surface area contributed by atoms with E-state index in [1.807, 2.05) is 6.07 Å². The summed E-state index contributed by atoms with van der Waals surface area (Å²) in [7, 11) is 0. The van der Waals surface area contributed by atoms with Crippen molar-refractivity contribution in [2.75, 3.05) is 6.61 Å². The second-order valence-corrected chi connectivity index (χ2v) is 4.13. The zero-order chi connectivity index (χ0) is 15.9. The highest BCUT2D eigenvalue weighted by molar-refractivity contribution is 5.74. The first kappa shape index (κ1) is 15.0. The van der Waals surface area contributed by atoms with Gasteiger partial charge in [0.2, 0.25) is 0 Å². The van der Waals surface area contributed by atoms with Crippen molar-refractivity contribution in [3.05, 3.63) is 64.2 Å². The molecule has 0 N–H and O–H groups in total. The standard InChI is InChI=1S/C15H10N2O5/c16-9-11-4-3-5-12(8-11)22-15(18)10-21-14-7-2-1-6-13(14)17(19)20/h1-8H,10H2. The van der Waals surface area contributed by atoms with Gasteiger partial charge in [-0.05, 0) is 24.3 Å². The monoisotopic (exact) mass is 298 g/mol. The highest BCUT2D eigenvalue weighted by Crippen LogP contribution is 2.25. The van der Waals surface area contributed by atoms with Gasteiger partial charge in [-0.2, -0.15) is 5.26 Å². The van der Waals surface area contributed by atoms with Crippen LogP contribution in [0, 0.1) is 21.4 Å². The van der Waals surface area contributed by atoms with Gasteiger partial charge in [-0.25, -0.2) is 4.79 Å². The molecule has 2 aromatic rings. The van der Waals surface area contributed by atoms with Crippen LogP contribution in [0.15, 0.2) is 48.5 Å². The summed E-state index contributed by atoms with van der Waals surface area (Å²) in [6, 6.07) is 13.7. The van der Waals surface area contributed by atoms with E-state index in [9.17, 15) is 14.9 Å². The summed E-state index contributed by atoms with van der Waals surface area (Å²) in [6.45, 7) is -0.484. The van der Waals surface area contributed by atoms with Crippen LogP contribution in [-0.2, 0) is 4.79 Å². The number of ether oxygens (including phenoxy) is 2. The van der Waals surface area contributed by atoms with Gasteiger partial charge in [-0.1, -0.05) is 18.2 Å². The second-order valence-electron chi connectivity index (χ2n) is 4.13. The fraction of sp³-hybridized carbons (Fsp3) is 0.0667. The van der Waals surface area contributed by atoms with Gasteiger partial charge in [-0.15, -0.1) is 0 Å². The van der Waals surface area contributed by atoms with Crippen molar-refractivity contribution in [2.24, 2.45) is 0 Å². The van der Waals surface area contributed by atoms with Crippen LogP contribution in [0.4, 0.5) is 5.69 Å². The molecule has 0 amide bonds. The number of benzene rings is 2. The predicted molar refractivity (Wildman–Crippen MR) is 75.4 cm³/mol. The van der Waals surface area contributed by atoms with E-state index >= 15 is 0 Å². The van der Waals surface area contributed by atoms with E-state index in [2.05, 4.69) is 0 Å². The Morgan fingerprint density at radius 1 is 1.23 bits per heavy atom. The molecule has 22 heavy (non-hydrogen) atoms. The van der Waals surface area contributed by atoms with Crippen molar-refractivity contribution >= 4 is 11.7 Å². The van der Waals surface area contributed by atoms with Gasteiger partial charge in [0.1, 0.15) is 5.75 Å². The van der Waals surface area contributed by atoms with Crippen LogP contribution in [0.2, 0.25) is 0 Å². The van der Waals surface area contributed by atoms with Gasteiger partial charge in [0.25, 0.3) is 0 Å². The lowest BCUT2D eigenvalue weighted by Crippen LogP contribution is -2.18. The largest absolute Gasteiger partial charge is 0.475 e. The molecule has 2 rings (SSSR count). The molecule has 0 spiro atoms. The molecule has 0 bridgehead atoms. The van der Waals surface area contributed by atoms with Gasteiger partial charge in [0, 0.05) is 6.07 Å². The number of nitrogens with zero attached hydrogens (tertiary/aromatic N) is 2. The van der Waals surface area contributed by atoms with Crippen LogP contribution in [0.1, 0.15) is 5.56 Å². The maximum atomic E-state index is 11.7. The van der Waals surface area contributed by atoms with Crippen molar-refractivity contribution in [1.82, 2.24) is 0 Å². The molecule has 0 unspecified atom stereocenters. The number of nitriles is 1. The molecule has 0 fully saturated rings. The van der Waals surface area contributed by atoms with Crippen LogP contribution < -0.4 is 9.47 Å². The molecule has 0 aromatic heterocycles. The summed E-state index contributed by atoms with van der Waals surface area (Å²) in [4.78, 5) is 21.9. The first-order chi connectivity index (χ1) is 10.6. The molecule has 0 saturated heterocycles. The normalized spacial score (nSPS) is 9.59. The van der Waals surface area contributed by atoms with Crippen LogP contribution in [0.25, 0.3) is 0 Å². The van der Waals surface area contributed by atoms with E-state index in [0.29, 0.717) is 5.56 Å². The molecule has 2 aromatic carbocycles. The maximum Gasteiger partial charge on any atom is 0.349 e. The lowest BCUT2D eigenvalue weighted by Gasteiger charge is -2.07. The first-order valence-corrected chi connectivity index (χ1v) is 6.17. The number of hydrogen-bond donors (Lipinski definition) is 0. The van der Waals surface area contributed by atoms with Crippen molar-refractivity contribution in [3.8, 4) is 17.6 Å². The summed E-state index contributed by atoms with van der Waals surface area (Å²) in [5.41, 5.74) is 0.117. The third-order valence-electron chi connectivity index (χ3n) is 2.60. The van der Waals surface area contributed by atoms with Crippen molar-refractivity contribution in [2.45, 2.75) is 0 Å². The number of nitro benzene ring substituents is 1. The minimum Gasteiger partial charge on any atom is -0.475 e. The third-order valence-corrected chi connectivity index (χ3v) is 2.60. The molecule has 0 radical (unpaired) electrons. The van der Waals surface area contributed by atoms with E-state index < -0.39 is 17.5 Å². The number of nitro groups is 1. The second kappa shape index (κ2) is 6.85. The van der Waals surface area contributed by atoms with E-state index in [1.54, 1.807) is 18.2 Å². The van der Waals surface area contributed by atoms with Gasteiger partial charge in [-0.3, -0.25) is 10.1 Å². The molecule has 110 valence electrons. The van der Waals surface area contributed by atoms with Crippen molar-refractivity contribution < 1.29 is 19.2 Å². The summed E-state index contributed by atoms with van der Waals surface area (Å²) in [5, 5.41) is 19.6. The molecular formula is C15H10N2O5. The Hall–Kier alpha value is -3.40. The summed E-state index contributed by atoms with van der Waals surface area (Å²) >= 11 is 0. The quantitative estimate of drug-likeness (QED) is 0.363. The molecule has 0 atom stereocenters. The molecule has 7 heteroatoms. The Balaban J connectivity index is 1.99. The number of para-hydroxylation sites is 2. The van der Waals surface area contributed by atoms with Gasteiger partial charge >= 0.3 is 11.7 Å².